The number of carboxylic acids is 1. The van der Waals surface area contributed by atoms with Gasteiger partial charge in [-0.1, -0.05) is 0 Å². The van der Waals surface area contributed by atoms with E-state index in [9.17, 15) is 9.59 Å². The van der Waals surface area contributed by atoms with Crippen LogP contribution in [0.3, 0.4) is 0 Å². The third kappa shape index (κ3) is 1.97. The average Bonchev–Trinajstić information content (AvgIpc) is 2.16. The van der Waals surface area contributed by atoms with E-state index >= 15 is 0 Å². The number of nitrogens with one attached hydrogen (secondary N) is 1. The first-order chi connectivity index (χ1) is 6.49. The summed E-state index contributed by atoms with van der Waals surface area (Å²) in [5.41, 5.74) is -0.787. The molecule has 0 radical (unpaired) electrons. The maximum Gasteiger partial charge on any atom is 0.317 e. The largest absolute Gasteiger partial charge is 0.481 e. The third-order valence-electron chi connectivity index (χ3n) is 2.71. The molecule has 80 valence electrons. The highest BCUT2D eigenvalue weighted by molar-refractivity contribution is 5.78. The van der Waals surface area contributed by atoms with E-state index in [0.29, 0.717) is 19.5 Å². The molecule has 0 bridgehead atoms. The van der Waals surface area contributed by atoms with Crippen LogP contribution in [0.4, 0.5) is 4.79 Å². The van der Waals surface area contributed by atoms with Gasteiger partial charge in [-0.2, -0.15) is 0 Å². The summed E-state index contributed by atoms with van der Waals surface area (Å²) in [5.74, 6) is -0.828. The predicted octanol–water partition coefficient (Wildman–Crippen LogP) is 0.513. The van der Waals surface area contributed by atoms with Crippen molar-refractivity contribution < 1.29 is 14.7 Å². The van der Waals surface area contributed by atoms with Gasteiger partial charge in [-0.3, -0.25) is 4.79 Å². The number of carbonyl (C=O) groups is 2. The van der Waals surface area contributed by atoms with E-state index in [4.69, 9.17) is 5.11 Å². The van der Waals surface area contributed by atoms with E-state index in [1.807, 2.05) is 0 Å². The van der Waals surface area contributed by atoms with Crippen LogP contribution >= 0.6 is 0 Å². The minimum absolute atomic E-state index is 0.197. The van der Waals surface area contributed by atoms with E-state index in [0.717, 1.165) is 6.42 Å². The Hall–Kier alpha value is -1.26. The highest BCUT2D eigenvalue weighted by Crippen LogP contribution is 2.29. The zero-order valence-electron chi connectivity index (χ0n) is 8.54. The van der Waals surface area contributed by atoms with E-state index in [1.54, 1.807) is 18.9 Å². The second-order valence-corrected chi connectivity index (χ2v) is 3.95. The first-order valence-corrected chi connectivity index (χ1v) is 4.70. The molecule has 1 unspecified atom stereocenters. The standard InChI is InChI=1S/C9H16N2O3/c1-9(7(12)13)4-3-5-11(6-9)8(14)10-2/h3-6H2,1-2H3,(H,10,14)(H,12,13). The van der Waals surface area contributed by atoms with Crippen molar-refractivity contribution in [3.8, 4) is 0 Å². The monoisotopic (exact) mass is 200 g/mol. The molecule has 0 aliphatic carbocycles. The van der Waals surface area contributed by atoms with Crippen LogP contribution < -0.4 is 5.32 Å². The molecule has 14 heavy (non-hydrogen) atoms. The number of hydrogen-bond donors (Lipinski definition) is 2. The van der Waals surface area contributed by atoms with Gasteiger partial charge in [-0.25, -0.2) is 4.79 Å². The molecule has 2 amide bonds. The number of likely N-dealkylation sites (tertiary alicyclic amines) is 1. The Labute approximate surface area is 83.1 Å². The molecule has 5 heteroatoms. The maximum atomic E-state index is 11.3. The quantitative estimate of drug-likeness (QED) is 0.648. The number of carboxylic acid groups (broad SMARTS) is 1. The van der Waals surface area contributed by atoms with Gasteiger partial charge in [0, 0.05) is 20.1 Å². The zero-order valence-corrected chi connectivity index (χ0v) is 8.54. The first-order valence-electron chi connectivity index (χ1n) is 4.70. The van der Waals surface area contributed by atoms with E-state index in [1.165, 1.54) is 0 Å². The van der Waals surface area contributed by atoms with Crippen LogP contribution in [0, 0.1) is 5.41 Å². The third-order valence-corrected chi connectivity index (χ3v) is 2.71. The molecule has 1 aliphatic rings. The Kier molecular flexibility index (Phi) is 2.98. The molecule has 1 aliphatic heterocycles. The van der Waals surface area contributed by atoms with Gasteiger partial charge in [0.05, 0.1) is 5.41 Å². The molecule has 0 aromatic rings. The van der Waals surface area contributed by atoms with Gasteiger partial charge < -0.3 is 15.3 Å². The molecule has 0 aromatic carbocycles. The van der Waals surface area contributed by atoms with Crippen LogP contribution in [0.15, 0.2) is 0 Å². The molecule has 0 aromatic heterocycles. The number of hydrogen-bond acceptors (Lipinski definition) is 2. The first kappa shape index (κ1) is 10.8. The van der Waals surface area contributed by atoms with Gasteiger partial charge in [0.25, 0.3) is 0 Å². The lowest BCUT2D eigenvalue weighted by Gasteiger charge is -2.37. The van der Waals surface area contributed by atoms with Crippen molar-refractivity contribution >= 4 is 12.0 Å². The van der Waals surface area contributed by atoms with Crippen LogP contribution in [0.25, 0.3) is 0 Å². The van der Waals surface area contributed by atoms with E-state index in [2.05, 4.69) is 5.32 Å². The fraction of sp³-hybridized carbons (Fsp3) is 0.778. The number of nitrogens with zero attached hydrogens (tertiary/aromatic N) is 1. The summed E-state index contributed by atoms with van der Waals surface area (Å²) < 4.78 is 0. The molecule has 1 saturated heterocycles. The van der Waals surface area contributed by atoms with Crippen molar-refractivity contribution in [1.82, 2.24) is 10.2 Å². The van der Waals surface area contributed by atoms with E-state index in [-0.39, 0.29) is 6.03 Å². The molecule has 1 fully saturated rings. The van der Waals surface area contributed by atoms with E-state index < -0.39 is 11.4 Å². The van der Waals surface area contributed by atoms with Gasteiger partial charge in [0.15, 0.2) is 0 Å². The number of rotatable bonds is 1. The van der Waals surface area contributed by atoms with Crippen molar-refractivity contribution in [2.24, 2.45) is 5.41 Å². The summed E-state index contributed by atoms with van der Waals surface area (Å²) in [6.45, 7) is 2.62. The number of urea groups is 1. The minimum atomic E-state index is -0.828. The van der Waals surface area contributed by atoms with Crippen molar-refractivity contribution in [2.45, 2.75) is 19.8 Å². The summed E-state index contributed by atoms with van der Waals surface area (Å²) in [5, 5.41) is 11.5. The Morgan fingerprint density at radius 2 is 2.14 bits per heavy atom. The lowest BCUT2D eigenvalue weighted by Crippen LogP contribution is -2.50. The summed E-state index contributed by atoms with van der Waals surface area (Å²) in [7, 11) is 1.55. The Bertz CT molecular complexity index is 254. The van der Waals surface area contributed by atoms with Crippen LogP contribution in [0.5, 0.6) is 0 Å². The Morgan fingerprint density at radius 3 is 2.64 bits per heavy atom. The van der Waals surface area contributed by atoms with Crippen LogP contribution in [0.2, 0.25) is 0 Å². The molecule has 1 heterocycles. The van der Waals surface area contributed by atoms with Gasteiger partial charge >= 0.3 is 12.0 Å². The molecule has 0 saturated carbocycles. The molecular formula is C9H16N2O3. The predicted molar refractivity (Wildman–Crippen MR) is 51.0 cm³/mol. The minimum Gasteiger partial charge on any atom is -0.481 e. The molecule has 2 N–H and O–H groups in total. The second kappa shape index (κ2) is 3.86. The fourth-order valence-electron chi connectivity index (χ4n) is 1.75. The average molecular weight is 200 g/mol. The van der Waals surface area contributed by atoms with Crippen LogP contribution in [-0.4, -0.2) is 42.1 Å². The van der Waals surface area contributed by atoms with Crippen molar-refractivity contribution in [3.63, 3.8) is 0 Å². The molecule has 5 nitrogen and oxygen atoms in total. The van der Waals surface area contributed by atoms with Gasteiger partial charge in [0.1, 0.15) is 0 Å². The second-order valence-electron chi connectivity index (χ2n) is 3.95. The van der Waals surface area contributed by atoms with Gasteiger partial charge in [-0.05, 0) is 19.8 Å². The zero-order chi connectivity index (χ0) is 10.8. The summed E-state index contributed by atoms with van der Waals surface area (Å²) in [6, 6.07) is -0.197. The SMILES string of the molecule is CNC(=O)N1CCCC(C)(C(=O)O)C1. The Balaban J connectivity index is 2.69. The highest BCUT2D eigenvalue weighted by atomic mass is 16.4. The summed E-state index contributed by atoms with van der Waals surface area (Å²) in [6.07, 6.45) is 1.38. The van der Waals surface area contributed by atoms with Gasteiger partial charge in [0.2, 0.25) is 0 Å². The number of piperidine rings is 1. The van der Waals surface area contributed by atoms with Crippen LogP contribution in [-0.2, 0) is 4.79 Å². The highest BCUT2D eigenvalue weighted by Gasteiger charge is 2.39. The van der Waals surface area contributed by atoms with Crippen molar-refractivity contribution in [2.75, 3.05) is 20.1 Å². The number of amides is 2. The maximum absolute atomic E-state index is 11.3. The van der Waals surface area contributed by atoms with Crippen LogP contribution in [0.1, 0.15) is 19.8 Å². The Morgan fingerprint density at radius 1 is 1.50 bits per heavy atom. The number of aliphatic carboxylic acids is 1. The molecular weight excluding hydrogens is 184 g/mol. The van der Waals surface area contributed by atoms with Crippen molar-refractivity contribution in [1.29, 1.82) is 0 Å². The molecule has 1 atom stereocenters. The topological polar surface area (TPSA) is 69.6 Å². The normalized spacial score (nSPS) is 27.1. The smallest absolute Gasteiger partial charge is 0.317 e. The van der Waals surface area contributed by atoms with Gasteiger partial charge in [-0.15, -0.1) is 0 Å². The number of carbonyl (C=O) groups excluding carboxylic acids is 1. The lowest BCUT2D eigenvalue weighted by atomic mass is 9.82. The summed E-state index contributed by atoms with van der Waals surface area (Å²) >= 11 is 0. The molecule has 1 rings (SSSR count). The summed E-state index contributed by atoms with van der Waals surface area (Å²) in [4.78, 5) is 23.8. The van der Waals surface area contributed by atoms with Crippen molar-refractivity contribution in [3.05, 3.63) is 0 Å². The lowest BCUT2D eigenvalue weighted by molar-refractivity contribution is -0.150. The molecule has 0 spiro atoms. The fourth-order valence-corrected chi connectivity index (χ4v) is 1.75.